The number of sulfonamides is 1. The molecule has 0 spiro atoms. The number of para-hydroxylation sites is 1. The number of carbonyl (C=O) groups excluding carboxylic acids is 1. The van der Waals surface area contributed by atoms with E-state index in [1.165, 1.54) is 12.1 Å². The van der Waals surface area contributed by atoms with Gasteiger partial charge < -0.3 is 4.90 Å². The maximum Gasteiger partial charge on any atom is 0.238 e. The summed E-state index contributed by atoms with van der Waals surface area (Å²) in [6.45, 7) is 0.437. The molecule has 1 atom stereocenters. The number of hydrogen-bond acceptors (Lipinski definition) is 4. The summed E-state index contributed by atoms with van der Waals surface area (Å²) in [7, 11) is -3.78. The Kier molecular flexibility index (Phi) is 5.44. The highest BCUT2D eigenvalue weighted by Crippen LogP contribution is 2.35. The number of anilines is 1. The van der Waals surface area contributed by atoms with Gasteiger partial charge >= 0.3 is 0 Å². The molecule has 1 aliphatic rings. The van der Waals surface area contributed by atoms with E-state index >= 15 is 0 Å². The van der Waals surface area contributed by atoms with E-state index < -0.39 is 10.0 Å². The van der Waals surface area contributed by atoms with Crippen LogP contribution in [0.1, 0.15) is 29.0 Å². The molecule has 33 heavy (non-hydrogen) atoms. The summed E-state index contributed by atoms with van der Waals surface area (Å²) in [4.78, 5) is 20.1. The molecule has 0 saturated heterocycles. The van der Waals surface area contributed by atoms with Gasteiger partial charge in [-0.25, -0.2) is 13.6 Å². The zero-order valence-electron chi connectivity index (χ0n) is 17.9. The van der Waals surface area contributed by atoms with Crippen LogP contribution in [-0.4, -0.2) is 19.3 Å². The minimum atomic E-state index is -3.78. The molecule has 166 valence electrons. The summed E-state index contributed by atoms with van der Waals surface area (Å²) < 4.78 is 23.3. The molecular formula is C26H23N3O3S. The van der Waals surface area contributed by atoms with E-state index in [1.54, 1.807) is 18.3 Å². The standard InChI is InChI=1S/C26H23N3O3S/c27-33(31,32)22-11-8-19(9-12-22)23-13-10-20-4-1-2-6-25(20)29(26(23)30)17-18-7-14-24-21(16-18)5-3-15-28-24/h1-9,11-12,14-16,23H,10,13,17H2,(H2,27,31,32)/t23-/m0/s1. The van der Waals surface area contributed by atoms with Crippen molar-refractivity contribution in [2.75, 3.05) is 4.90 Å². The van der Waals surface area contributed by atoms with Crippen molar-refractivity contribution in [3.05, 3.63) is 102 Å². The van der Waals surface area contributed by atoms with E-state index in [2.05, 4.69) is 17.1 Å². The molecule has 6 nitrogen and oxygen atoms in total. The molecule has 4 aromatic rings. The first-order valence-electron chi connectivity index (χ1n) is 10.8. The molecule has 2 N–H and O–H groups in total. The van der Waals surface area contributed by atoms with Gasteiger partial charge in [-0.15, -0.1) is 0 Å². The lowest BCUT2D eigenvalue weighted by Crippen LogP contribution is -2.34. The first-order valence-corrected chi connectivity index (χ1v) is 12.3. The fourth-order valence-electron chi connectivity index (χ4n) is 4.48. The van der Waals surface area contributed by atoms with Gasteiger partial charge in [0, 0.05) is 17.3 Å². The number of fused-ring (bicyclic) bond motifs is 2. The molecule has 7 heteroatoms. The average Bonchev–Trinajstić information content (AvgIpc) is 2.95. The van der Waals surface area contributed by atoms with Crippen molar-refractivity contribution < 1.29 is 13.2 Å². The van der Waals surface area contributed by atoms with Gasteiger partial charge in [0.2, 0.25) is 15.9 Å². The van der Waals surface area contributed by atoms with Crippen LogP contribution in [0, 0.1) is 0 Å². The van der Waals surface area contributed by atoms with Crippen LogP contribution in [0.15, 0.2) is 90.0 Å². The molecular weight excluding hydrogens is 434 g/mol. The second-order valence-electron chi connectivity index (χ2n) is 8.29. The molecule has 0 fully saturated rings. The lowest BCUT2D eigenvalue weighted by molar-refractivity contribution is -0.120. The molecule has 1 aromatic heterocycles. The summed E-state index contributed by atoms with van der Waals surface area (Å²) in [5.41, 5.74) is 4.75. The normalized spacial score (nSPS) is 16.5. The zero-order valence-corrected chi connectivity index (χ0v) is 18.7. The van der Waals surface area contributed by atoms with Crippen molar-refractivity contribution in [3.8, 4) is 0 Å². The third-order valence-corrected chi connectivity index (χ3v) is 7.10. The van der Waals surface area contributed by atoms with Crippen molar-refractivity contribution in [2.45, 2.75) is 30.2 Å². The molecule has 1 amide bonds. The van der Waals surface area contributed by atoms with Crippen molar-refractivity contribution in [2.24, 2.45) is 5.14 Å². The van der Waals surface area contributed by atoms with E-state index in [1.807, 2.05) is 47.4 Å². The fourth-order valence-corrected chi connectivity index (χ4v) is 5.00. The predicted octanol–water partition coefficient (Wildman–Crippen LogP) is 4.15. The topological polar surface area (TPSA) is 93.4 Å². The Bertz CT molecular complexity index is 1450. The molecule has 0 radical (unpaired) electrons. The zero-order chi connectivity index (χ0) is 23.0. The highest BCUT2D eigenvalue weighted by molar-refractivity contribution is 7.89. The number of carbonyl (C=O) groups is 1. The van der Waals surface area contributed by atoms with Gasteiger partial charge in [0.1, 0.15) is 0 Å². The average molecular weight is 458 g/mol. The predicted molar refractivity (Wildman–Crippen MR) is 128 cm³/mol. The van der Waals surface area contributed by atoms with Crippen LogP contribution in [0.3, 0.4) is 0 Å². The highest BCUT2D eigenvalue weighted by atomic mass is 32.2. The third kappa shape index (κ3) is 4.25. The number of nitrogens with two attached hydrogens (primary N) is 1. The number of amides is 1. The van der Waals surface area contributed by atoms with E-state index in [-0.39, 0.29) is 16.7 Å². The fraction of sp³-hybridized carbons (Fsp3) is 0.154. The number of nitrogens with zero attached hydrogens (tertiary/aromatic N) is 2. The number of aromatic nitrogens is 1. The molecule has 0 unspecified atom stereocenters. The lowest BCUT2D eigenvalue weighted by Gasteiger charge is -2.26. The molecule has 5 rings (SSSR count). The molecule has 2 heterocycles. The van der Waals surface area contributed by atoms with Gasteiger partial charge in [-0.3, -0.25) is 9.78 Å². The number of hydrogen-bond donors (Lipinski definition) is 1. The van der Waals surface area contributed by atoms with Crippen LogP contribution in [0.4, 0.5) is 5.69 Å². The van der Waals surface area contributed by atoms with Crippen LogP contribution in [-0.2, 0) is 27.8 Å². The minimum absolute atomic E-state index is 0.00501. The molecule has 3 aromatic carbocycles. The van der Waals surface area contributed by atoms with Crippen LogP contribution < -0.4 is 10.0 Å². The van der Waals surface area contributed by atoms with E-state index in [0.29, 0.717) is 13.0 Å². The van der Waals surface area contributed by atoms with Crippen molar-refractivity contribution in [1.82, 2.24) is 4.98 Å². The Labute approximate surface area is 192 Å². The van der Waals surface area contributed by atoms with Gasteiger partial charge in [0.05, 0.1) is 22.9 Å². The van der Waals surface area contributed by atoms with Crippen LogP contribution in [0.25, 0.3) is 10.9 Å². The maximum absolute atomic E-state index is 13.8. The molecule has 0 bridgehead atoms. The van der Waals surface area contributed by atoms with Crippen molar-refractivity contribution in [3.63, 3.8) is 0 Å². The molecule has 0 saturated carbocycles. The van der Waals surface area contributed by atoms with Crippen molar-refractivity contribution >= 4 is 32.5 Å². The smallest absolute Gasteiger partial charge is 0.238 e. The number of benzene rings is 3. The van der Waals surface area contributed by atoms with Gasteiger partial charge in [-0.1, -0.05) is 42.5 Å². The quantitative estimate of drug-likeness (QED) is 0.498. The number of aryl methyl sites for hydroxylation is 1. The Morgan fingerprint density at radius 3 is 2.55 bits per heavy atom. The number of rotatable bonds is 4. The van der Waals surface area contributed by atoms with E-state index in [4.69, 9.17) is 5.14 Å². The molecule has 1 aliphatic heterocycles. The minimum Gasteiger partial charge on any atom is -0.307 e. The van der Waals surface area contributed by atoms with E-state index in [9.17, 15) is 13.2 Å². The third-order valence-electron chi connectivity index (χ3n) is 6.17. The largest absolute Gasteiger partial charge is 0.307 e. The van der Waals surface area contributed by atoms with Crippen LogP contribution in [0.2, 0.25) is 0 Å². The SMILES string of the molecule is NS(=O)(=O)c1ccc([C@@H]2CCc3ccccc3N(Cc3ccc4ncccc4c3)C2=O)cc1. The van der Waals surface area contributed by atoms with Crippen LogP contribution in [0.5, 0.6) is 0 Å². The Balaban J connectivity index is 1.52. The molecule has 0 aliphatic carbocycles. The summed E-state index contributed by atoms with van der Waals surface area (Å²) >= 11 is 0. The Morgan fingerprint density at radius 2 is 1.76 bits per heavy atom. The maximum atomic E-state index is 13.8. The summed E-state index contributed by atoms with van der Waals surface area (Å²) in [6, 6.07) is 24.3. The van der Waals surface area contributed by atoms with Gasteiger partial charge in [0.15, 0.2) is 0 Å². The number of primary sulfonamides is 1. The first kappa shape index (κ1) is 21.3. The Morgan fingerprint density at radius 1 is 0.970 bits per heavy atom. The Hall–Kier alpha value is -3.55. The number of pyridine rings is 1. The second kappa shape index (κ2) is 8.42. The summed E-state index contributed by atoms with van der Waals surface area (Å²) in [5, 5.41) is 6.26. The summed E-state index contributed by atoms with van der Waals surface area (Å²) in [5.74, 6) is -0.386. The van der Waals surface area contributed by atoms with Gasteiger partial charge in [0.25, 0.3) is 0 Å². The monoisotopic (exact) mass is 457 g/mol. The van der Waals surface area contributed by atoms with Gasteiger partial charge in [-0.05, 0) is 65.9 Å². The lowest BCUT2D eigenvalue weighted by atomic mass is 9.92. The van der Waals surface area contributed by atoms with Crippen molar-refractivity contribution in [1.29, 1.82) is 0 Å². The van der Waals surface area contributed by atoms with Crippen LogP contribution >= 0.6 is 0 Å². The first-order chi connectivity index (χ1) is 15.9. The summed E-state index contributed by atoms with van der Waals surface area (Å²) in [6.07, 6.45) is 3.16. The van der Waals surface area contributed by atoms with E-state index in [0.717, 1.165) is 39.7 Å². The highest BCUT2D eigenvalue weighted by Gasteiger charge is 2.31. The van der Waals surface area contributed by atoms with Gasteiger partial charge in [-0.2, -0.15) is 0 Å². The second-order valence-corrected chi connectivity index (χ2v) is 9.85.